The molecule has 1 N–H and O–H groups in total. The molecule has 2 rings (SSSR count). The molecule has 2 nitrogen and oxygen atoms in total. The summed E-state index contributed by atoms with van der Waals surface area (Å²) in [6, 6.07) is 5.13. The first-order valence-corrected chi connectivity index (χ1v) is 5.45. The van der Waals surface area contributed by atoms with Crippen molar-refractivity contribution in [3.63, 3.8) is 0 Å². The zero-order valence-electron chi connectivity index (χ0n) is 9.13. The fourth-order valence-electron chi connectivity index (χ4n) is 1.63. The smallest absolute Gasteiger partial charge is 0.129 e. The van der Waals surface area contributed by atoms with Crippen LogP contribution in [-0.4, -0.2) is 9.97 Å². The third-order valence-corrected chi connectivity index (χ3v) is 2.43. The highest BCUT2D eigenvalue weighted by Crippen LogP contribution is 2.11. The van der Waals surface area contributed by atoms with Crippen molar-refractivity contribution in [3.05, 3.63) is 57.6 Å². The van der Waals surface area contributed by atoms with E-state index >= 15 is 0 Å². The third kappa shape index (κ3) is 3.17. The molecule has 0 aliphatic heterocycles. The standard InChI is InChI=1S/C12H10F2N2S/c1-7-2-12(17)16-11(15-7)5-8-3-9(13)6-10(14)4-8/h2-4,6H,5H2,1H3,(H,15,16,17). The van der Waals surface area contributed by atoms with Gasteiger partial charge in [-0.25, -0.2) is 13.8 Å². The number of aromatic nitrogens is 2. The van der Waals surface area contributed by atoms with E-state index in [1.807, 2.05) is 6.92 Å². The lowest BCUT2D eigenvalue weighted by atomic mass is 10.1. The number of hydrogen-bond acceptors (Lipinski definition) is 2. The predicted molar refractivity (Wildman–Crippen MR) is 63.3 cm³/mol. The molecule has 0 aliphatic rings. The average molecular weight is 252 g/mol. The van der Waals surface area contributed by atoms with Gasteiger partial charge in [-0.2, -0.15) is 0 Å². The van der Waals surface area contributed by atoms with Gasteiger partial charge in [0.2, 0.25) is 0 Å². The Morgan fingerprint density at radius 1 is 1.18 bits per heavy atom. The molecule has 2 aromatic rings. The van der Waals surface area contributed by atoms with Crippen molar-refractivity contribution in [2.45, 2.75) is 13.3 Å². The molecule has 1 aromatic heterocycles. The first-order valence-electron chi connectivity index (χ1n) is 5.05. The Hall–Kier alpha value is -1.62. The van der Waals surface area contributed by atoms with E-state index in [4.69, 9.17) is 12.2 Å². The molecule has 0 spiro atoms. The second kappa shape index (κ2) is 4.71. The summed E-state index contributed by atoms with van der Waals surface area (Å²) in [4.78, 5) is 7.12. The van der Waals surface area contributed by atoms with E-state index in [0.717, 1.165) is 11.8 Å². The van der Waals surface area contributed by atoms with Crippen LogP contribution in [0.3, 0.4) is 0 Å². The highest BCUT2D eigenvalue weighted by molar-refractivity contribution is 7.71. The summed E-state index contributed by atoms with van der Waals surface area (Å²) in [5.41, 5.74) is 1.39. The minimum atomic E-state index is -0.591. The van der Waals surface area contributed by atoms with E-state index in [2.05, 4.69) is 9.97 Å². The summed E-state index contributed by atoms with van der Waals surface area (Å²) in [7, 11) is 0. The minimum Gasteiger partial charge on any atom is -0.347 e. The van der Waals surface area contributed by atoms with Gasteiger partial charge in [0.25, 0.3) is 0 Å². The zero-order chi connectivity index (χ0) is 12.4. The Morgan fingerprint density at radius 3 is 2.41 bits per heavy atom. The molecule has 0 saturated carbocycles. The van der Waals surface area contributed by atoms with Crippen molar-refractivity contribution < 1.29 is 8.78 Å². The summed E-state index contributed by atoms with van der Waals surface area (Å²) in [6.07, 6.45) is 0.319. The quantitative estimate of drug-likeness (QED) is 0.831. The molecule has 5 heteroatoms. The first-order chi connectivity index (χ1) is 8.02. The lowest BCUT2D eigenvalue weighted by Crippen LogP contribution is -1.99. The molecule has 0 saturated heterocycles. The monoisotopic (exact) mass is 252 g/mol. The molecule has 0 bridgehead atoms. The van der Waals surface area contributed by atoms with Crippen LogP contribution in [0.15, 0.2) is 24.3 Å². The van der Waals surface area contributed by atoms with Crippen LogP contribution in [0.25, 0.3) is 0 Å². The Labute approximate surface area is 102 Å². The topological polar surface area (TPSA) is 28.7 Å². The number of H-pyrrole nitrogens is 1. The fraction of sp³-hybridized carbons (Fsp3) is 0.167. The van der Waals surface area contributed by atoms with Crippen LogP contribution >= 0.6 is 12.2 Å². The van der Waals surface area contributed by atoms with E-state index in [1.165, 1.54) is 12.1 Å². The van der Waals surface area contributed by atoms with Crippen molar-refractivity contribution in [1.29, 1.82) is 0 Å². The molecule has 0 atom stereocenters. The van der Waals surface area contributed by atoms with Gasteiger partial charge in [-0.15, -0.1) is 0 Å². The molecule has 0 aliphatic carbocycles. The van der Waals surface area contributed by atoms with Crippen molar-refractivity contribution in [2.24, 2.45) is 0 Å². The van der Waals surface area contributed by atoms with Gasteiger partial charge in [0.1, 0.15) is 22.1 Å². The van der Waals surface area contributed by atoms with Crippen LogP contribution < -0.4 is 0 Å². The minimum absolute atomic E-state index is 0.319. The molecule has 0 fully saturated rings. The van der Waals surface area contributed by atoms with Crippen molar-refractivity contribution >= 4 is 12.2 Å². The number of nitrogens with zero attached hydrogens (tertiary/aromatic N) is 1. The highest BCUT2D eigenvalue weighted by atomic mass is 32.1. The molecule has 17 heavy (non-hydrogen) atoms. The Kier molecular flexibility index (Phi) is 3.28. The number of benzene rings is 1. The van der Waals surface area contributed by atoms with Crippen molar-refractivity contribution in [1.82, 2.24) is 9.97 Å². The highest BCUT2D eigenvalue weighted by Gasteiger charge is 2.03. The van der Waals surface area contributed by atoms with Gasteiger partial charge in [0.05, 0.1) is 0 Å². The van der Waals surface area contributed by atoms with E-state index in [0.29, 0.717) is 22.4 Å². The lowest BCUT2D eigenvalue weighted by Gasteiger charge is -2.03. The maximum atomic E-state index is 13.0. The number of nitrogens with one attached hydrogen (secondary N) is 1. The predicted octanol–water partition coefficient (Wildman–Crippen LogP) is 3.32. The maximum Gasteiger partial charge on any atom is 0.129 e. The Morgan fingerprint density at radius 2 is 1.82 bits per heavy atom. The van der Waals surface area contributed by atoms with E-state index < -0.39 is 11.6 Å². The third-order valence-electron chi connectivity index (χ3n) is 2.22. The van der Waals surface area contributed by atoms with Gasteiger partial charge < -0.3 is 4.98 Å². The van der Waals surface area contributed by atoms with Gasteiger partial charge >= 0.3 is 0 Å². The number of hydrogen-bond donors (Lipinski definition) is 1. The van der Waals surface area contributed by atoms with Gasteiger partial charge in [-0.1, -0.05) is 12.2 Å². The number of rotatable bonds is 2. The number of aromatic amines is 1. The molecule has 0 unspecified atom stereocenters. The second-order valence-electron chi connectivity index (χ2n) is 3.80. The van der Waals surface area contributed by atoms with Crippen molar-refractivity contribution in [3.8, 4) is 0 Å². The molecular formula is C12H10F2N2S. The normalized spacial score (nSPS) is 10.5. The van der Waals surface area contributed by atoms with E-state index in [-0.39, 0.29) is 0 Å². The fourth-order valence-corrected chi connectivity index (χ4v) is 1.92. The Bertz CT molecular complexity index is 587. The molecule has 0 amide bonds. The second-order valence-corrected chi connectivity index (χ2v) is 4.22. The zero-order valence-corrected chi connectivity index (χ0v) is 9.94. The summed E-state index contributed by atoms with van der Waals surface area (Å²) >= 11 is 4.98. The summed E-state index contributed by atoms with van der Waals surface area (Å²) in [5.74, 6) is -0.586. The van der Waals surface area contributed by atoms with Crippen LogP contribution in [0.5, 0.6) is 0 Å². The van der Waals surface area contributed by atoms with Crippen LogP contribution in [0.4, 0.5) is 8.78 Å². The van der Waals surface area contributed by atoms with E-state index in [1.54, 1.807) is 6.07 Å². The molecular weight excluding hydrogens is 242 g/mol. The average Bonchev–Trinajstić information content (AvgIpc) is 2.13. The summed E-state index contributed by atoms with van der Waals surface area (Å²) in [5, 5.41) is 0. The molecule has 1 heterocycles. The van der Waals surface area contributed by atoms with Gasteiger partial charge in [0.15, 0.2) is 0 Å². The Balaban J connectivity index is 2.34. The van der Waals surface area contributed by atoms with Crippen LogP contribution in [0, 0.1) is 23.2 Å². The van der Waals surface area contributed by atoms with Gasteiger partial charge in [-0.05, 0) is 30.7 Å². The van der Waals surface area contributed by atoms with Crippen LogP contribution in [-0.2, 0) is 6.42 Å². The van der Waals surface area contributed by atoms with E-state index in [9.17, 15) is 8.78 Å². The molecule has 88 valence electrons. The van der Waals surface area contributed by atoms with Gasteiger partial charge in [-0.3, -0.25) is 0 Å². The molecule has 0 radical (unpaired) electrons. The summed E-state index contributed by atoms with van der Waals surface area (Å²) < 4.78 is 26.5. The SMILES string of the molecule is Cc1cc(=S)nc(Cc2cc(F)cc(F)c2)[nH]1. The lowest BCUT2D eigenvalue weighted by molar-refractivity contribution is 0.580. The molecule has 1 aromatic carbocycles. The van der Waals surface area contributed by atoms with Crippen LogP contribution in [0.1, 0.15) is 17.1 Å². The number of aryl methyl sites for hydroxylation is 1. The van der Waals surface area contributed by atoms with Crippen molar-refractivity contribution in [2.75, 3.05) is 0 Å². The largest absolute Gasteiger partial charge is 0.347 e. The maximum absolute atomic E-state index is 13.0. The first kappa shape index (κ1) is 11.9. The van der Waals surface area contributed by atoms with Crippen LogP contribution in [0.2, 0.25) is 0 Å². The summed E-state index contributed by atoms with van der Waals surface area (Å²) in [6.45, 7) is 1.85. The van der Waals surface area contributed by atoms with Gasteiger partial charge in [0, 0.05) is 18.2 Å². The number of halogens is 2.